The van der Waals surface area contributed by atoms with E-state index >= 15 is 0 Å². The summed E-state index contributed by atoms with van der Waals surface area (Å²) in [4.78, 5) is 2.48. The SMILES string of the molecule is CC1(C)c2cc(N(c3ccc(-c4ccccc4)cc3)c3cccc4c5cc(-c6ccccc6)cc6oc7cccc(c34)c7c65)ccc2-c2c(-c3ccccc3)cccc21. The summed E-state index contributed by atoms with van der Waals surface area (Å²) in [5.41, 5.74) is 17.6. The molecule has 0 saturated carbocycles. The van der Waals surface area contributed by atoms with Crippen LogP contribution in [0.25, 0.3) is 88.0 Å². The van der Waals surface area contributed by atoms with Crippen molar-refractivity contribution in [3.8, 4) is 44.5 Å². The first-order valence-electron chi connectivity index (χ1n) is 20.5. The zero-order chi connectivity index (χ0) is 39.2. The van der Waals surface area contributed by atoms with Gasteiger partial charge in [0, 0.05) is 32.9 Å². The van der Waals surface area contributed by atoms with Crippen molar-refractivity contribution in [1.29, 1.82) is 0 Å². The van der Waals surface area contributed by atoms with Crippen LogP contribution in [0.5, 0.6) is 0 Å². The monoisotopic (exact) mass is 753 g/mol. The molecule has 1 heterocycles. The van der Waals surface area contributed by atoms with E-state index in [1.54, 1.807) is 0 Å². The predicted octanol–water partition coefficient (Wildman–Crippen LogP) is 16.1. The Morgan fingerprint density at radius 2 is 0.983 bits per heavy atom. The quantitative estimate of drug-likeness (QED) is 0.157. The predicted molar refractivity (Wildman–Crippen MR) is 248 cm³/mol. The average Bonchev–Trinajstić information content (AvgIpc) is 3.79. The Morgan fingerprint density at radius 1 is 0.373 bits per heavy atom. The highest BCUT2D eigenvalue weighted by Crippen LogP contribution is 2.55. The second-order valence-corrected chi connectivity index (χ2v) is 16.4. The van der Waals surface area contributed by atoms with Gasteiger partial charge >= 0.3 is 0 Å². The van der Waals surface area contributed by atoms with Crippen LogP contribution in [0, 0.1) is 0 Å². The van der Waals surface area contributed by atoms with E-state index in [-0.39, 0.29) is 5.41 Å². The smallest absolute Gasteiger partial charge is 0.136 e. The zero-order valence-corrected chi connectivity index (χ0v) is 32.9. The van der Waals surface area contributed by atoms with Crippen LogP contribution in [0.4, 0.5) is 17.1 Å². The van der Waals surface area contributed by atoms with E-state index in [2.05, 4.69) is 219 Å². The summed E-state index contributed by atoms with van der Waals surface area (Å²) in [6.45, 7) is 4.76. The van der Waals surface area contributed by atoms with E-state index in [0.717, 1.165) is 33.8 Å². The minimum atomic E-state index is -0.203. The Labute approximate surface area is 343 Å². The van der Waals surface area contributed by atoms with E-state index < -0.39 is 0 Å². The molecule has 0 N–H and O–H groups in total. The van der Waals surface area contributed by atoms with Crippen molar-refractivity contribution in [2.45, 2.75) is 19.3 Å². The first-order chi connectivity index (χ1) is 29.0. The Balaban J connectivity index is 1.13. The molecule has 0 radical (unpaired) electrons. The molecule has 278 valence electrons. The van der Waals surface area contributed by atoms with Crippen LogP contribution in [0.1, 0.15) is 25.0 Å². The maximum absolute atomic E-state index is 6.70. The van der Waals surface area contributed by atoms with E-state index in [0.29, 0.717) is 0 Å². The number of furan rings is 1. The lowest BCUT2D eigenvalue weighted by Gasteiger charge is -2.29. The molecule has 0 bridgehead atoms. The van der Waals surface area contributed by atoms with Crippen LogP contribution in [0.2, 0.25) is 0 Å². The van der Waals surface area contributed by atoms with Gasteiger partial charge in [0.05, 0.1) is 5.69 Å². The molecule has 0 saturated heterocycles. The fourth-order valence-corrected chi connectivity index (χ4v) is 10.0. The lowest BCUT2D eigenvalue weighted by Crippen LogP contribution is -2.16. The van der Waals surface area contributed by atoms with Crippen LogP contribution in [0.15, 0.2) is 205 Å². The van der Waals surface area contributed by atoms with Crippen molar-refractivity contribution in [3.05, 3.63) is 211 Å². The topological polar surface area (TPSA) is 16.4 Å². The van der Waals surface area contributed by atoms with Crippen LogP contribution in [0.3, 0.4) is 0 Å². The molecular formula is C57H39NO. The number of fused-ring (bicyclic) bond motifs is 6. The van der Waals surface area contributed by atoms with Gasteiger partial charge in [0.1, 0.15) is 11.2 Å². The van der Waals surface area contributed by atoms with Crippen molar-refractivity contribution >= 4 is 60.5 Å². The van der Waals surface area contributed by atoms with Crippen molar-refractivity contribution < 1.29 is 4.42 Å². The van der Waals surface area contributed by atoms with Crippen molar-refractivity contribution in [1.82, 2.24) is 0 Å². The molecule has 1 aliphatic carbocycles. The number of nitrogens with zero attached hydrogens (tertiary/aromatic N) is 1. The molecule has 2 nitrogen and oxygen atoms in total. The summed E-state index contributed by atoms with van der Waals surface area (Å²) >= 11 is 0. The second kappa shape index (κ2) is 12.8. The Kier molecular flexibility index (Phi) is 7.31. The van der Waals surface area contributed by atoms with E-state index in [4.69, 9.17) is 4.42 Å². The van der Waals surface area contributed by atoms with E-state index in [1.165, 1.54) is 82.4 Å². The minimum absolute atomic E-state index is 0.203. The van der Waals surface area contributed by atoms with Gasteiger partial charge in [-0.1, -0.05) is 166 Å². The van der Waals surface area contributed by atoms with E-state index in [9.17, 15) is 0 Å². The maximum Gasteiger partial charge on any atom is 0.136 e. The van der Waals surface area contributed by atoms with Crippen LogP contribution >= 0.6 is 0 Å². The average molecular weight is 754 g/mol. The number of hydrogen-bond acceptors (Lipinski definition) is 2. The Hall–Kier alpha value is -7.42. The van der Waals surface area contributed by atoms with Crippen molar-refractivity contribution in [3.63, 3.8) is 0 Å². The first kappa shape index (κ1) is 33.7. The van der Waals surface area contributed by atoms with Gasteiger partial charge in [0.25, 0.3) is 0 Å². The number of hydrogen-bond donors (Lipinski definition) is 0. The molecule has 1 aliphatic rings. The van der Waals surface area contributed by atoms with Crippen LogP contribution in [-0.4, -0.2) is 0 Å². The molecule has 1 aromatic heterocycles. The fraction of sp³-hybridized carbons (Fsp3) is 0.0526. The van der Waals surface area contributed by atoms with E-state index in [1.807, 2.05) is 0 Å². The van der Waals surface area contributed by atoms with Gasteiger partial charge in [0.2, 0.25) is 0 Å². The van der Waals surface area contributed by atoms with Gasteiger partial charge in [-0.25, -0.2) is 0 Å². The Morgan fingerprint density at radius 3 is 1.73 bits per heavy atom. The third-order valence-electron chi connectivity index (χ3n) is 12.8. The molecule has 0 spiro atoms. The maximum atomic E-state index is 6.70. The van der Waals surface area contributed by atoms with Gasteiger partial charge in [-0.3, -0.25) is 0 Å². The van der Waals surface area contributed by atoms with Crippen LogP contribution in [-0.2, 0) is 5.41 Å². The first-order valence-corrected chi connectivity index (χ1v) is 20.5. The lowest BCUT2D eigenvalue weighted by atomic mass is 9.81. The minimum Gasteiger partial charge on any atom is -0.456 e. The molecule has 0 aliphatic heterocycles. The van der Waals surface area contributed by atoms with Crippen molar-refractivity contribution in [2.75, 3.05) is 4.90 Å². The van der Waals surface area contributed by atoms with Gasteiger partial charge < -0.3 is 9.32 Å². The molecule has 2 heteroatoms. The molecule has 12 rings (SSSR count). The summed E-state index contributed by atoms with van der Waals surface area (Å²) < 4.78 is 6.70. The van der Waals surface area contributed by atoms with Gasteiger partial charge in [0.15, 0.2) is 0 Å². The summed E-state index contributed by atoms with van der Waals surface area (Å²) in [5, 5.41) is 7.17. The summed E-state index contributed by atoms with van der Waals surface area (Å²) in [6.07, 6.45) is 0. The molecule has 0 amide bonds. The molecule has 0 atom stereocenters. The second-order valence-electron chi connectivity index (χ2n) is 16.4. The molecule has 59 heavy (non-hydrogen) atoms. The largest absolute Gasteiger partial charge is 0.456 e. The number of anilines is 3. The van der Waals surface area contributed by atoms with Gasteiger partial charge in [-0.2, -0.15) is 0 Å². The highest BCUT2D eigenvalue weighted by Gasteiger charge is 2.37. The summed E-state index contributed by atoms with van der Waals surface area (Å²) in [7, 11) is 0. The molecular weight excluding hydrogens is 715 g/mol. The highest BCUT2D eigenvalue weighted by molar-refractivity contribution is 6.35. The molecule has 0 fully saturated rings. The molecule has 0 unspecified atom stereocenters. The fourth-order valence-electron chi connectivity index (χ4n) is 10.0. The van der Waals surface area contributed by atoms with Crippen molar-refractivity contribution in [2.24, 2.45) is 0 Å². The number of rotatable bonds is 6. The molecule has 10 aromatic carbocycles. The summed E-state index contributed by atoms with van der Waals surface area (Å²) in [5.74, 6) is 0. The highest BCUT2D eigenvalue weighted by atomic mass is 16.3. The third kappa shape index (κ3) is 5.06. The molecule has 11 aromatic rings. The Bertz CT molecular complexity index is 3380. The van der Waals surface area contributed by atoms with Crippen LogP contribution < -0.4 is 4.90 Å². The number of benzene rings is 10. The third-order valence-corrected chi connectivity index (χ3v) is 12.8. The standard InChI is InChI=1S/C57H39NO/c1-57(2)48-24-12-21-43(39-19-10-5-11-20-39)53(48)45-32-31-42(35-49(45)57)58(41-29-27-38(28-30-41)36-15-6-3-7-16-36)50-25-13-22-44-47-33-40(37-17-8-4-9-18-37)34-52-56(47)55-46(54(44)50)23-14-26-51(55)59-52/h3-35H,1-2H3. The lowest BCUT2D eigenvalue weighted by molar-refractivity contribution is 0.660. The normalized spacial score (nSPS) is 13.1. The van der Waals surface area contributed by atoms with Gasteiger partial charge in [-0.15, -0.1) is 0 Å². The zero-order valence-electron chi connectivity index (χ0n) is 32.9. The summed E-state index contributed by atoms with van der Waals surface area (Å²) in [6, 6.07) is 73.1. The van der Waals surface area contributed by atoms with Gasteiger partial charge in [-0.05, 0) is 120 Å².